The van der Waals surface area contributed by atoms with Gasteiger partial charge in [-0.2, -0.15) is 18.3 Å². The second-order valence-electron chi connectivity index (χ2n) is 8.13. The zero-order valence-electron chi connectivity index (χ0n) is 18.3. The van der Waals surface area contributed by atoms with Crippen molar-refractivity contribution in [3.05, 3.63) is 60.4 Å². The second kappa shape index (κ2) is 8.87. The largest absolute Gasteiger partial charge is 0.416 e. The van der Waals surface area contributed by atoms with E-state index in [0.717, 1.165) is 37.2 Å². The molecule has 0 spiro atoms. The maximum atomic E-state index is 12.9. The van der Waals surface area contributed by atoms with Crippen LogP contribution in [0.25, 0.3) is 22.3 Å². The van der Waals surface area contributed by atoms with Crippen LogP contribution in [0.15, 0.2) is 54.9 Å². The molecule has 0 unspecified atom stereocenters. The summed E-state index contributed by atoms with van der Waals surface area (Å²) >= 11 is 0. The Morgan fingerprint density at radius 1 is 1.09 bits per heavy atom. The molecule has 0 aliphatic carbocycles. The number of aromatic nitrogens is 4. The molecule has 9 nitrogen and oxygen atoms in total. The smallest absolute Gasteiger partial charge is 0.383 e. The molecule has 2 aromatic heterocycles. The molecule has 3 heterocycles. The number of fused-ring (bicyclic) bond motifs is 1. The van der Waals surface area contributed by atoms with Gasteiger partial charge in [-0.3, -0.25) is 0 Å². The summed E-state index contributed by atoms with van der Waals surface area (Å²) in [6.45, 7) is 1.68. The molecular weight excluding hydrogens is 461 g/mol. The first-order chi connectivity index (χ1) is 16.8. The van der Waals surface area contributed by atoms with E-state index in [4.69, 9.17) is 10.8 Å². The summed E-state index contributed by atoms with van der Waals surface area (Å²) in [5.41, 5.74) is 7.83. The minimum absolute atomic E-state index is 0.0304. The van der Waals surface area contributed by atoms with Crippen molar-refractivity contribution in [3.63, 3.8) is 0 Å². The molecule has 0 bridgehead atoms. The van der Waals surface area contributed by atoms with Gasteiger partial charge in [-0.05, 0) is 43.3 Å². The van der Waals surface area contributed by atoms with E-state index in [2.05, 4.69) is 25.9 Å². The summed E-state index contributed by atoms with van der Waals surface area (Å²) in [7, 11) is 0. The summed E-state index contributed by atoms with van der Waals surface area (Å²) in [4.78, 5) is 20.8. The molecule has 35 heavy (non-hydrogen) atoms. The summed E-state index contributed by atoms with van der Waals surface area (Å²) in [6, 6.07) is 10.8. The number of anilines is 3. The molecule has 1 fully saturated rings. The van der Waals surface area contributed by atoms with Gasteiger partial charge in [0.2, 0.25) is 0 Å². The van der Waals surface area contributed by atoms with Crippen LogP contribution in [-0.4, -0.2) is 38.9 Å². The summed E-state index contributed by atoms with van der Waals surface area (Å²) < 4.78 is 40.5. The van der Waals surface area contributed by atoms with Gasteiger partial charge in [0.15, 0.2) is 5.65 Å². The first-order valence-corrected chi connectivity index (χ1v) is 10.8. The highest BCUT2D eigenvalue weighted by Gasteiger charge is 2.30. The Kier molecular flexibility index (Phi) is 5.73. The summed E-state index contributed by atoms with van der Waals surface area (Å²) in [5, 5.41) is 13.8. The number of hydrogen-bond acceptors (Lipinski definition) is 6. The quantitative estimate of drug-likeness (QED) is 0.345. The highest BCUT2D eigenvalue weighted by atomic mass is 19.4. The fraction of sp³-hybridized carbons (Fsp3) is 0.217. The fourth-order valence-electron chi connectivity index (χ4n) is 4.08. The number of carbonyl (C=O) groups excluding carboxylic acids is 1. The third kappa shape index (κ3) is 4.60. The van der Waals surface area contributed by atoms with Crippen LogP contribution in [0.5, 0.6) is 0 Å². The van der Waals surface area contributed by atoms with Crippen LogP contribution in [0.2, 0.25) is 0 Å². The Bertz CT molecular complexity index is 1380. The molecule has 5 N–H and O–H groups in total. The van der Waals surface area contributed by atoms with Gasteiger partial charge in [0.1, 0.15) is 17.8 Å². The molecule has 2 amide bonds. The molecule has 1 aliphatic rings. The Morgan fingerprint density at radius 3 is 2.57 bits per heavy atom. The molecule has 1 saturated heterocycles. The third-order valence-electron chi connectivity index (χ3n) is 5.76. The van der Waals surface area contributed by atoms with Crippen molar-refractivity contribution in [1.29, 1.82) is 0 Å². The minimum Gasteiger partial charge on any atom is -0.383 e. The number of benzene rings is 2. The lowest BCUT2D eigenvalue weighted by molar-refractivity contribution is -0.137. The van der Waals surface area contributed by atoms with Crippen molar-refractivity contribution in [3.8, 4) is 11.3 Å². The van der Waals surface area contributed by atoms with E-state index in [1.165, 1.54) is 18.5 Å². The predicted molar refractivity (Wildman–Crippen MR) is 126 cm³/mol. The molecule has 1 aliphatic heterocycles. The molecule has 2 aromatic carbocycles. The number of rotatable bonds is 4. The number of hydrogen-bond donors (Lipinski definition) is 4. The van der Waals surface area contributed by atoms with Crippen LogP contribution in [0.1, 0.15) is 18.0 Å². The van der Waals surface area contributed by atoms with E-state index in [1.54, 1.807) is 24.3 Å². The number of amides is 2. The number of halogens is 3. The molecule has 4 aromatic rings. The molecule has 0 saturated carbocycles. The molecule has 0 radical (unpaired) electrons. The summed E-state index contributed by atoms with van der Waals surface area (Å²) in [5.74, 6) is 0.324. The lowest BCUT2D eigenvalue weighted by Gasteiger charge is -2.11. The molecule has 180 valence electrons. The monoisotopic (exact) mass is 482 g/mol. The normalized spacial score (nSPS) is 15.9. The highest BCUT2D eigenvalue weighted by Crippen LogP contribution is 2.33. The number of nitrogens with two attached hydrogens (primary N) is 1. The van der Waals surface area contributed by atoms with Gasteiger partial charge in [0, 0.05) is 23.5 Å². The van der Waals surface area contributed by atoms with Crippen molar-refractivity contribution in [2.45, 2.75) is 18.6 Å². The van der Waals surface area contributed by atoms with E-state index in [0.29, 0.717) is 28.2 Å². The van der Waals surface area contributed by atoms with E-state index in [1.807, 2.05) is 4.68 Å². The lowest BCUT2D eigenvalue weighted by Crippen LogP contribution is -2.19. The van der Waals surface area contributed by atoms with Crippen LogP contribution < -0.4 is 21.7 Å². The van der Waals surface area contributed by atoms with Crippen LogP contribution in [0.3, 0.4) is 0 Å². The number of urea groups is 1. The SMILES string of the molecule is Nc1ncnc2c1c(-c1ccc(NC(=O)Nc3cccc(C(F)(F)F)c3)cc1)nn2[C@@H]1CCNC1. The van der Waals surface area contributed by atoms with E-state index < -0.39 is 17.8 Å². The number of alkyl halides is 3. The van der Waals surface area contributed by atoms with E-state index >= 15 is 0 Å². The van der Waals surface area contributed by atoms with E-state index in [9.17, 15) is 18.0 Å². The van der Waals surface area contributed by atoms with Gasteiger partial charge in [0.05, 0.1) is 17.0 Å². The molecular formula is C23H21F3N8O. The summed E-state index contributed by atoms with van der Waals surface area (Å²) in [6.07, 6.45) is -2.16. The average molecular weight is 482 g/mol. The Balaban J connectivity index is 1.36. The number of carbonyl (C=O) groups is 1. The van der Waals surface area contributed by atoms with E-state index in [-0.39, 0.29) is 11.7 Å². The Hall–Kier alpha value is -4.19. The topological polar surface area (TPSA) is 123 Å². The van der Waals surface area contributed by atoms with Crippen LogP contribution in [-0.2, 0) is 6.18 Å². The predicted octanol–water partition coefficient (Wildman–Crippen LogP) is 4.27. The van der Waals surface area contributed by atoms with Crippen LogP contribution in [0, 0.1) is 0 Å². The first kappa shape index (κ1) is 22.6. The first-order valence-electron chi connectivity index (χ1n) is 10.8. The lowest BCUT2D eigenvalue weighted by atomic mass is 10.1. The zero-order valence-corrected chi connectivity index (χ0v) is 18.3. The average Bonchev–Trinajstić information content (AvgIpc) is 3.48. The van der Waals surface area contributed by atoms with Crippen LogP contribution >= 0.6 is 0 Å². The highest BCUT2D eigenvalue weighted by molar-refractivity contribution is 6.01. The zero-order chi connectivity index (χ0) is 24.6. The molecule has 1 atom stereocenters. The van der Waals surface area contributed by atoms with Crippen LogP contribution in [0.4, 0.5) is 35.2 Å². The van der Waals surface area contributed by atoms with Crippen molar-refractivity contribution in [2.24, 2.45) is 0 Å². The van der Waals surface area contributed by atoms with Crippen molar-refractivity contribution in [1.82, 2.24) is 25.1 Å². The van der Waals surface area contributed by atoms with Crippen molar-refractivity contribution >= 4 is 34.3 Å². The van der Waals surface area contributed by atoms with Gasteiger partial charge < -0.3 is 21.7 Å². The van der Waals surface area contributed by atoms with Crippen molar-refractivity contribution < 1.29 is 18.0 Å². The maximum Gasteiger partial charge on any atom is 0.416 e. The number of nitrogens with one attached hydrogen (secondary N) is 3. The Labute approximate surface area is 197 Å². The van der Waals surface area contributed by atoms with Gasteiger partial charge >= 0.3 is 12.2 Å². The number of nitrogen functional groups attached to an aromatic ring is 1. The standard InChI is InChI=1S/C23H21F3N8O/c24-23(25,26)14-2-1-3-16(10-14)32-22(35)31-15-6-4-13(5-7-15)19-18-20(27)29-12-30-21(18)34(33-19)17-8-9-28-11-17/h1-7,10,12,17,28H,8-9,11H2,(H2,27,29,30)(H2,31,32,35)/t17-/m1/s1. The minimum atomic E-state index is -4.50. The second-order valence-corrected chi connectivity index (χ2v) is 8.13. The van der Waals surface area contributed by atoms with Gasteiger partial charge in [-0.25, -0.2) is 19.4 Å². The third-order valence-corrected chi connectivity index (χ3v) is 5.76. The van der Waals surface area contributed by atoms with Gasteiger partial charge in [-0.15, -0.1) is 0 Å². The molecule has 5 rings (SSSR count). The molecule has 12 heteroatoms. The van der Waals surface area contributed by atoms with Crippen molar-refractivity contribution in [2.75, 3.05) is 29.5 Å². The number of nitrogens with zero attached hydrogens (tertiary/aromatic N) is 4. The Morgan fingerprint density at radius 2 is 1.86 bits per heavy atom. The van der Waals surface area contributed by atoms with Gasteiger partial charge in [-0.1, -0.05) is 18.2 Å². The maximum absolute atomic E-state index is 12.9. The fourth-order valence-corrected chi connectivity index (χ4v) is 4.08. The van der Waals surface area contributed by atoms with Gasteiger partial charge in [0.25, 0.3) is 0 Å².